The predicted octanol–water partition coefficient (Wildman–Crippen LogP) is 2.44. The van der Waals surface area contributed by atoms with Crippen molar-refractivity contribution in [3.05, 3.63) is 29.3 Å². The standard InChI is InChI=1S/C20H34N4O/c1-5-21-20(23-14-18-7-6-12-24(3)15-18)22-11-10-17-9-8-16(2)19(13-17)25-4/h8-9,13,18H,5-7,10-12,14-15H2,1-4H3,(H2,21,22,23). The number of hydrogen-bond donors (Lipinski definition) is 2. The molecular formula is C20H34N4O. The number of nitrogens with one attached hydrogen (secondary N) is 2. The third-order valence-electron chi connectivity index (χ3n) is 4.75. The molecule has 1 aliphatic heterocycles. The van der Waals surface area contributed by atoms with Crippen LogP contribution in [0.2, 0.25) is 0 Å². The minimum Gasteiger partial charge on any atom is -0.496 e. The normalized spacial score (nSPS) is 18.9. The quantitative estimate of drug-likeness (QED) is 0.588. The Morgan fingerprint density at radius 3 is 2.92 bits per heavy atom. The molecule has 5 nitrogen and oxygen atoms in total. The highest BCUT2D eigenvalue weighted by atomic mass is 16.5. The number of nitrogens with zero attached hydrogens (tertiary/aromatic N) is 2. The van der Waals surface area contributed by atoms with Gasteiger partial charge in [-0.25, -0.2) is 0 Å². The lowest BCUT2D eigenvalue weighted by Gasteiger charge is -2.28. The maximum absolute atomic E-state index is 5.41. The van der Waals surface area contributed by atoms with Crippen molar-refractivity contribution in [3.63, 3.8) is 0 Å². The Morgan fingerprint density at radius 2 is 2.20 bits per heavy atom. The van der Waals surface area contributed by atoms with E-state index >= 15 is 0 Å². The molecule has 2 rings (SSSR count). The highest BCUT2D eigenvalue weighted by molar-refractivity contribution is 5.79. The van der Waals surface area contributed by atoms with Crippen LogP contribution < -0.4 is 15.4 Å². The first-order chi connectivity index (χ1) is 12.1. The summed E-state index contributed by atoms with van der Waals surface area (Å²) in [4.78, 5) is 7.21. The summed E-state index contributed by atoms with van der Waals surface area (Å²) >= 11 is 0. The molecule has 0 spiro atoms. The van der Waals surface area contributed by atoms with Gasteiger partial charge in [-0.2, -0.15) is 0 Å². The van der Waals surface area contributed by atoms with Gasteiger partial charge in [0.05, 0.1) is 7.11 Å². The van der Waals surface area contributed by atoms with Gasteiger partial charge in [0.2, 0.25) is 0 Å². The van der Waals surface area contributed by atoms with Crippen LogP contribution in [-0.2, 0) is 6.42 Å². The van der Waals surface area contributed by atoms with E-state index in [1.807, 2.05) is 0 Å². The van der Waals surface area contributed by atoms with Crippen molar-refractivity contribution in [1.29, 1.82) is 0 Å². The fraction of sp³-hybridized carbons (Fsp3) is 0.650. The van der Waals surface area contributed by atoms with Crippen molar-refractivity contribution in [2.75, 3.05) is 46.9 Å². The van der Waals surface area contributed by atoms with Gasteiger partial charge in [-0.05, 0) is 69.8 Å². The van der Waals surface area contributed by atoms with Crippen LogP contribution in [0, 0.1) is 12.8 Å². The lowest BCUT2D eigenvalue weighted by molar-refractivity contribution is 0.214. The Balaban J connectivity index is 1.83. The zero-order chi connectivity index (χ0) is 18.1. The Labute approximate surface area is 152 Å². The topological polar surface area (TPSA) is 48.9 Å². The molecule has 0 radical (unpaired) electrons. The number of methoxy groups -OCH3 is 1. The molecule has 1 atom stereocenters. The van der Waals surface area contributed by atoms with E-state index in [4.69, 9.17) is 9.73 Å². The van der Waals surface area contributed by atoms with Gasteiger partial charge >= 0.3 is 0 Å². The second kappa shape index (κ2) is 10.3. The number of ether oxygens (including phenoxy) is 1. The van der Waals surface area contributed by atoms with E-state index < -0.39 is 0 Å². The van der Waals surface area contributed by atoms with E-state index in [1.165, 1.54) is 30.5 Å². The molecule has 0 amide bonds. The molecule has 1 fully saturated rings. The minimum atomic E-state index is 0.676. The number of piperidine rings is 1. The Kier molecular flexibility index (Phi) is 8.06. The Hall–Kier alpha value is -1.75. The molecule has 140 valence electrons. The summed E-state index contributed by atoms with van der Waals surface area (Å²) in [5.74, 6) is 2.56. The molecule has 1 aromatic rings. The molecule has 5 heteroatoms. The largest absolute Gasteiger partial charge is 0.496 e. The van der Waals surface area contributed by atoms with Crippen LogP contribution in [0.5, 0.6) is 5.75 Å². The summed E-state index contributed by atoms with van der Waals surface area (Å²) in [5.41, 5.74) is 2.45. The number of benzene rings is 1. The van der Waals surface area contributed by atoms with Gasteiger partial charge in [-0.1, -0.05) is 12.1 Å². The summed E-state index contributed by atoms with van der Waals surface area (Å²) < 4.78 is 5.41. The van der Waals surface area contributed by atoms with Gasteiger partial charge in [-0.15, -0.1) is 0 Å². The first-order valence-corrected chi connectivity index (χ1v) is 9.46. The second-order valence-electron chi connectivity index (χ2n) is 6.97. The van der Waals surface area contributed by atoms with E-state index in [0.717, 1.165) is 44.3 Å². The molecule has 0 bridgehead atoms. The molecular weight excluding hydrogens is 312 g/mol. The molecule has 0 aliphatic carbocycles. The monoisotopic (exact) mass is 346 g/mol. The summed E-state index contributed by atoms with van der Waals surface area (Å²) in [5, 5.41) is 6.81. The predicted molar refractivity (Wildman–Crippen MR) is 106 cm³/mol. The van der Waals surface area contributed by atoms with Gasteiger partial charge < -0.3 is 20.3 Å². The number of hydrogen-bond acceptors (Lipinski definition) is 3. The molecule has 1 aromatic carbocycles. The van der Waals surface area contributed by atoms with Crippen molar-refractivity contribution in [2.45, 2.75) is 33.1 Å². The van der Waals surface area contributed by atoms with Gasteiger partial charge in [0.25, 0.3) is 0 Å². The number of aryl methyl sites for hydroxylation is 1. The first kappa shape index (κ1) is 19.6. The van der Waals surface area contributed by atoms with Crippen LogP contribution in [0.25, 0.3) is 0 Å². The molecule has 1 unspecified atom stereocenters. The smallest absolute Gasteiger partial charge is 0.191 e. The van der Waals surface area contributed by atoms with E-state index in [9.17, 15) is 0 Å². The van der Waals surface area contributed by atoms with Crippen LogP contribution in [0.15, 0.2) is 23.2 Å². The lowest BCUT2D eigenvalue weighted by Crippen LogP contribution is -2.39. The molecule has 2 N–H and O–H groups in total. The van der Waals surface area contributed by atoms with Crippen LogP contribution in [0.4, 0.5) is 0 Å². The number of guanidine groups is 1. The average molecular weight is 347 g/mol. The van der Waals surface area contributed by atoms with Gasteiger partial charge in [0, 0.05) is 26.2 Å². The maximum Gasteiger partial charge on any atom is 0.191 e. The maximum atomic E-state index is 5.41. The van der Waals surface area contributed by atoms with E-state index in [2.05, 4.69) is 54.6 Å². The Morgan fingerprint density at radius 1 is 1.36 bits per heavy atom. The van der Waals surface area contributed by atoms with E-state index in [-0.39, 0.29) is 0 Å². The van der Waals surface area contributed by atoms with Gasteiger partial charge in [0.15, 0.2) is 5.96 Å². The van der Waals surface area contributed by atoms with Crippen LogP contribution in [-0.4, -0.2) is 57.7 Å². The van der Waals surface area contributed by atoms with Crippen LogP contribution in [0.3, 0.4) is 0 Å². The summed E-state index contributed by atoms with van der Waals surface area (Å²) in [6.45, 7) is 9.20. The SMILES string of the molecule is CCNC(=NCC1CCCN(C)C1)NCCc1ccc(C)c(OC)c1. The zero-order valence-electron chi connectivity index (χ0n) is 16.3. The minimum absolute atomic E-state index is 0.676. The molecule has 0 saturated carbocycles. The first-order valence-electron chi connectivity index (χ1n) is 9.46. The third-order valence-corrected chi connectivity index (χ3v) is 4.75. The Bertz CT molecular complexity index is 559. The van der Waals surface area contributed by atoms with E-state index in [1.54, 1.807) is 7.11 Å². The molecule has 1 saturated heterocycles. The number of rotatable bonds is 7. The molecule has 0 aromatic heterocycles. The molecule has 1 heterocycles. The second-order valence-corrected chi connectivity index (χ2v) is 6.97. The van der Waals surface area contributed by atoms with Crippen molar-refractivity contribution in [2.24, 2.45) is 10.9 Å². The fourth-order valence-electron chi connectivity index (χ4n) is 3.33. The zero-order valence-corrected chi connectivity index (χ0v) is 16.3. The summed E-state index contributed by atoms with van der Waals surface area (Å²) in [7, 11) is 3.93. The van der Waals surface area contributed by atoms with Gasteiger partial charge in [0.1, 0.15) is 5.75 Å². The van der Waals surface area contributed by atoms with Crippen molar-refractivity contribution < 1.29 is 4.74 Å². The highest BCUT2D eigenvalue weighted by Gasteiger charge is 2.16. The van der Waals surface area contributed by atoms with Gasteiger partial charge in [-0.3, -0.25) is 4.99 Å². The van der Waals surface area contributed by atoms with Crippen LogP contribution >= 0.6 is 0 Å². The fourth-order valence-corrected chi connectivity index (χ4v) is 3.33. The van der Waals surface area contributed by atoms with E-state index in [0.29, 0.717) is 5.92 Å². The number of likely N-dealkylation sites (tertiary alicyclic amines) is 1. The highest BCUT2D eigenvalue weighted by Crippen LogP contribution is 2.19. The average Bonchev–Trinajstić information content (AvgIpc) is 2.61. The lowest BCUT2D eigenvalue weighted by atomic mass is 9.99. The van der Waals surface area contributed by atoms with Crippen molar-refractivity contribution >= 4 is 5.96 Å². The van der Waals surface area contributed by atoms with Crippen molar-refractivity contribution in [3.8, 4) is 5.75 Å². The van der Waals surface area contributed by atoms with Crippen LogP contribution in [0.1, 0.15) is 30.9 Å². The summed E-state index contributed by atoms with van der Waals surface area (Å²) in [6.07, 6.45) is 3.53. The van der Waals surface area contributed by atoms with Crippen molar-refractivity contribution in [1.82, 2.24) is 15.5 Å². The number of aliphatic imine (C=N–C) groups is 1. The molecule has 1 aliphatic rings. The molecule has 25 heavy (non-hydrogen) atoms. The summed E-state index contributed by atoms with van der Waals surface area (Å²) in [6, 6.07) is 6.41. The third kappa shape index (κ3) is 6.58.